The first kappa shape index (κ1) is 16.6. The lowest BCUT2D eigenvalue weighted by atomic mass is 10.1. The van der Waals surface area contributed by atoms with Crippen LogP contribution in [0.1, 0.15) is 15.9 Å². The molecule has 24 heavy (non-hydrogen) atoms. The second-order valence-corrected chi connectivity index (χ2v) is 6.90. The fraction of sp³-hybridized carbons (Fsp3) is 0.211. The van der Waals surface area contributed by atoms with Gasteiger partial charge in [0, 0.05) is 22.5 Å². The Balaban J connectivity index is 1.80. The number of hydrogen-bond donors (Lipinski definition) is 1. The van der Waals surface area contributed by atoms with E-state index < -0.39 is 0 Å². The van der Waals surface area contributed by atoms with Gasteiger partial charge in [-0.15, -0.1) is 11.3 Å². The van der Waals surface area contributed by atoms with Crippen LogP contribution in [0.4, 0.5) is 10.1 Å². The molecule has 0 aliphatic rings. The molecule has 124 valence electrons. The minimum absolute atomic E-state index is 0.237. The van der Waals surface area contributed by atoms with Gasteiger partial charge < -0.3 is 10.2 Å². The molecule has 1 amide bonds. The van der Waals surface area contributed by atoms with Gasteiger partial charge >= 0.3 is 0 Å². The number of anilines is 1. The van der Waals surface area contributed by atoms with Gasteiger partial charge in [-0.1, -0.05) is 0 Å². The van der Waals surface area contributed by atoms with Crippen LogP contribution in [0.3, 0.4) is 0 Å². The predicted molar refractivity (Wildman–Crippen MR) is 98.4 cm³/mol. The summed E-state index contributed by atoms with van der Waals surface area (Å²) in [5.74, 6) is -0.587. The monoisotopic (exact) mass is 342 g/mol. The van der Waals surface area contributed by atoms with Crippen LogP contribution < -0.4 is 5.32 Å². The van der Waals surface area contributed by atoms with Crippen LogP contribution in [0.5, 0.6) is 0 Å². The highest BCUT2D eigenvalue weighted by atomic mass is 32.1. The largest absolute Gasteiger partial charge is 0.322 e. The molecule has 3 rings (SSSR count). The minimum atomic E-state index is -0.350. The molecular weight excluding hydrogens is 323 g/mol. The lowest BCUT2D eigenvalue weighted by Gasteiger charge is -2.09. The van der Waals surface area contributed by atoms with Crippen molar-refractivity contribution in [3.8, 4) is 0 Å². The van der Waals surface area contributed by atoms with Gasteiger partial charge in [0.2, 0.25) is 0 Å². The predicted octanol–water partition coefficient (Wildman–Crippen LogP) is 4.40. The smallest absolute Gasteiger partial charge is 0.255 e. The Hall–Kier alpha value is -2.24. The zero-order chi connectivity index (χ0) is 17.1. The number of amides is 1. The summed E-state index contributed by atoms with van der Waals surface area (Å²) in [7, 11) is 4.12. The van der Waals surface area contributed by atoms with Crippen molar-refractivity contribution in [2.45, 2.75) is 6.42 Å². The molecule has 0 atom stereocenters. The molecule has 0 bridgehead atoms. The Bertz CT molecular complexity index is 855. The molecule has 3 nitrogen and oxygen atoms in total. The molecule has 0 fully saturated rings. The molecule has 1 heterocycles. The van der Waals surface area contributed by atoms with E-state index >= 15 is 0 Å². The zero-order valence-corrected chi connectivity index (χ0v) is 14.5. The standard InChI is InChI=1S/C19H19FN2OS/c1-22(2)10-9-14-12-24-18-8-7-16(11-17(14)18)21-19(23)13-3-5-15(20)6-4-13/h3-8,11-12H,9-10H2,1-2H3,(H,21,23). The first-order chi connectivity index (χ1) is 11.5. The first-order valence-corrected chi connectivity index (χ1v) is 8.62. The highest BCUT2D eigenvalue weighted by Crippen LogP contribution is 2.29. The lowest BCUT2D eigenvalue weighted by molar-refractivity contribution is 0.102. The maximum Gasteiger partial charge on any atom is 0.255 e. The van der Waals surface area contributed by atoms with E-state index in [1.54, 1.807) is 11.3 Å². The number of thiophene rings is 1. The van der Waals surface area contributed by atoms with Crippen LogP contribution in [0, 0.1) is 5.82 Å². The van der Waals surface area contributed by atoms with Gasteiger partial charge in [-0.05, 0) is 79.3 Å². The maximum atomic E-state index is 13.0. The van der Waals surface area contributed by atoms with Crippen LogP contribution in [-0.4, -0.2) is 31.4 Å². The van der Waals surface area contributed by atoms with Gasteiger partial charge in [0.05, 0.1) is 0 Å². The van der Waals surface area contributed by atoms with Gasteiger partial charge in [-0.3, -0.25) is 4.79 Å². The summed E-state index contributed by atoms with van der Waals surface area (Å²) in [4.78, 5) is 14.4. The van der Waals surface area contributed by atoms with E-state index in [1.165, 1.54) is 39.9 Å². The third kappa shape index (κ3) is 3.80. The van der Waals surface area contributed by atoms with Crippen molar-refractivity contribution in [2.24, 2.45) is 0 Å². The van der Waals surface area contributed by atoms with Gasteiger partial charge in [-0.25, -0.2) is 4.39 Å². The van der Waals surface area contributed by atoms with Crippen LogP contribution in [-0.2, 0) is 6.42 Å². The quantitative estimate of drug-likeness (QED) is 0.745. The Morgan fingerprint density at radius 1 is 1.17 bits per heavy atom. The molecule has 1 N–H and O–H groups in total. The van der Waals surface area contributed by atoms with E-state index in [4.69, 9.17) is 0 Å². The Labute approximate surface area is 144 Å². The fourth-order valence-corrected chi connectivity index (χ4v) is 3.48. The molecule has 1 aromatic heterocycles. The van der Waals surface area contributed by atoms with Crippen molar-refractivity contribution >= 4 is 33.0 Å². The van der Waals surface area contributed by atoms with Crippen molar-refractivity contribution in [1.29, 1.82) is 0 Å². The summed E-state index contributed by atoms with van der Waals surface area (Å²) >= 11 is 1.72. The van der Waals surface area contributed by atoms with Crippen molar-refractivity contribution in [2.75, 3.05) is 26.0 Å². The van der Waals surface area contributed by atoms with E-state index in [1.807, 2.05) is 18.2 Å². The number of likely N-dealkylation sites (N-methyl/N-ethyl adjacent to an activating group) is 1. The maximum absolute atomic E-state index is 13.0. The number of nitrogens with zero attached hydrogens (tertiary/aromatic N) is 1. The number of rotatable bonds is 5. The topological polar surface area (TPSA) is 32.3 Å². The highest BCUT2D eigenvalue weighted by molar-refractivity contribution is 7.17. The van der Waals surface area contributed by atoms with Crippen LogP contribution in [0.2, 0.25) is 0 Å². The Morgan fingerprint density at radius 3 is 2.62 bits per heavy atom. The lowest BCUT2D eigenvalue weighted by Crippen LogP contribution is -2.14. The second-order valence-electron chi connectivity index (χ2n) is 5.99. The number of fused-ring (bicyclic) bond motifs is 1. The Morgan fingerprint density at radius 2 is 1.92 bits per heavy atom. The average molecular weight is 342 g/mol. The fourth-order valence-electron chi connectivity index (χ4n) is 2.50. The molecule has 2 aromatic carbocycles. The van der Waals surface area contributed by atoms with E-state index in [9.17, 15) is 9.18 Å². The molecule has 3 aromatic rings. The normalized spacial score (nSPS) is 11.2. The number of carbonyl (C=O) groups is 1. The Kier molecular flexibility index (Phi) is 4.92. The molecule has 0 spiro atoms. The second kappa shape index (κ2) is 7.11. The number of nitrogens with one attached hydrogen (secondary N) is 1. The summed E-state index contributed by atoms with van der Waals surface area (Å²) in [5.41, 5.74) is 2.48. The number of halogens is 1. The number of carbonyl (C=O) groups excluding carboxylic acids is 1. The molecule has 0 saturated heterocycles. The van der Waals surface area contributed by atoms with Crippen molar-refractivity contribution < 1.29 is 9.18 Å². The third-order valence-corrected chi connectivity index (χ3v) is 4.86. The summed E-state index contributed by atoms with van der Waals surface area (Å²) in [6.07, 6.45) is 0.975. The zero-order valence-electron chi connectivity index (χ0n) is 13.7. The van der Waals surface area contributed by atoms with E-state index in [2.05, 4.69) is 29.7 Å². The molecule has 0 unspecified atom stereocenters. The molecule has 0 radical (unpaired) electrons. The summed E-state index contributed by atoms with van der Waals surface area (Å²) < 4.78 is 14.2. The molecule has 5 heteroatoms. The van der Waals surface area contributed by atoms with Crippen LogP contribution >= 0.6 is 11.3 Å². The van der Waals surface area contributed by atoms with E-state index in [0.717, 1.165) is 18.7 Å². The van der Waals surface area contributed by atoms with Gasteiger partial charge in [-0.2, -0.15) is 0 Å². The summed E-state index contributed by atoms with van der Waals surface area (Å²) in [6.45, 7) is 0.984. The average Bonchev–Trinajstić information content (AvgIpc) is 2.96. The molecule has 0 aliphatic heterocycles. The number of hydrogen-bond acceptors (Lipinski definition) is 3. The summed E-state index contributed by atoms with van der Waals surface area (Å²) in [5, 5.41) is 6.24. The minimum Gasteiger partial charge on any atom is -0.322 e. The number of benzene rings is 2. The highest BCUT2D eigenvalue weighted by Gasteiger charge is 2.09. The SMILES string of the molecule is CN(C)CCc1csc2ccc(NC(=O)c3ccc(F)cc3)cc12. The first-order valence-electron chi connectivity index (χ1n) is 7.75. The van der Waals surface area contributed by atoms with E-state index in [0.29, 0.717) is 5.56 Å². The van der Waals surface area contributed by atoms with Gasteiger partial charge in [0.1, 0.15) is 5.82 Å². The van der Waals surface area contributed by atoms with Crippen molar-refractivity contribution in [1.82, 2.24) is 4.90 Å². The summed E-state index contributed by atoms with van der Waals surface area (Å²) in [6, 6.07) is 11.5. The van der Waals surface area contributed by atoms with Crippen molar-refractivity contribution in [3.63, 3.8) is 0 Å². The van der Waals surface area contributed by atoms with Gasteiger partial charge in [0.25, 0.3) is 5.91 Å². The van der Waals surface area contributed by atoms with Crippen LogP contribution in [0.15, 0.2) is 47.8 Å². The van der Waals surface area contributed by atoms with Gasteiger partial charge in [0.15, 0.2) is 0 Å². The molecule has 0 saturated carbocycles. The van der Waals surface area contributed by atoms with Crippen LogP contribution in [0.25, 0.3) is 10.1 Å². The third-order valence-electron chi connectivity index (χ3n) is 3.85. The molecular formula is C19H19FN2OS. The molecule has 0 aliphatic carbocycles. The van der Waals surface area contributed by atoms with E-state index in [-0.39, 0.29) is 11.7 Å². The van der Waals surface area contributed by atoms with Crippen molar-refractivity contribution in [3.05, 3.63) is 64.8 Å².